The van der Waals surface area contributed by atoms with Crippen LogP contribution in [0, 0.1) is 0 Å². The van der Waals surface area contributed by atoms with Gasteiger partial charge in [0.25, 0.3) is 5.91 Å². The van der Waals surface area contributed by atoms with Gasteiger partial charge in [0.05, 0.1) is 6.20 Å². The Morgan fingerprint density at radius 3 is 2.96 bits per heavy atom. The fourth-order valence-electron chi connectivity index (χ4n) is 2.51. The van der Waals surface area contributed by atoms with Gasteiger partial charge in [0.15, 0.2) is 11.5 Å². The second kappa shape index (κ2) is 6.56. The van der Waals surface area contributed by atoms with Crippen molar-refractivity contribution in [1.29, 1.82) is 0 Å². The van der Waals surface area contributed by atoms with E-state index in [0.717, 1.165) is 21.9 Å². The van der Waals surface area contributed by atoms with Crippen LogP contribution in [-0.4, -0.2) is 33.9 Å². The van der Waals surface area contributed by atoms with Crippen molar-refractivity contribution in [3.8, 4) is 22.1 Å². The van der Waals surface area contributed by atoms with Crippen LogP contribution in [0.1, 0.15) is 16.1 Å². The zero-order valence-corrected chi connectivity index (χ0v) is 14.4. The molecule has 7 nitrogen and oxygen atoms in total. The van der Waals surface area contributed by atoms with Crippen molar-refractivity contribution in [2.75, 3.05) is 13.2 Å². The number of hydrogen-bond donors (Lipinski definition) is 1. The Labute approximate surface area is 148 Å². The maximum absolute atomic E-state index is 12.3. The number of nitrogens with zero attached hydrogens (tertiary/aromatic N) is 3. The normalized spacial score (nSPS) is 12.8. The number of ether oxygens (including phenoxy) is 2. The Hall–Kier alpha value is -2.87. The van der Waals surface area contributed by atoms with Crippen molar-refractivity contribution in [3.63, 3.8) is 0 Å². The molecule has 0 saturated heterocycles. The SMILES string of the molecule is Cn1cc(-c2nc(C(=O)NCc3ccc4c(c3)OCCO4)cs2)cn1. The van der Waals surface area contributed by atoms with Crippen LogP contribution in [0.5, 0.6) is 11.5 Å². The quantitative estimate of drug-likeness (QED) is 0.776. The number of carbonyl (C=O) groups excluding carboxylic acids is 1. The molecule has 128 valence electrons. The van der Waals surface area contributed by atoms with Crippen LogP contribution in [0.15, 0.2) is 36.0 Å². The summed E-state index contributed by atoms with van der Waals surface area (Å²) < 4.78 is 12.8. The number of aromatic nitrogens is 3. The molecular formula is C17H16N4O3S. The smallest absolute Gasteiger partial charge is 0.271 e. The van der Waals surface area contributed by atoms with Gasteiger partial charge in [-0.05, 0) is 17.7 Å². The first-order chi connectivity index (χ1) is 12.2. The Morgan fingerprint density at radius 2 is 2.16 bits per heavy atom. The third-order valence-corrected chi connectivity index (χ3v) is 4.64. The maximum Gasteiger partial charge on any atom is 0.271 e. The Morgan fingerprint density at radius 1 is 1.32 bits per heavy atom. The monoisotopic (exact) mass is 356 g/mol. The van der Waals surface area contributed by atoms with Crippen LogP contribution in [0.25, 0.3) is 10.6 Å². The summed E-state index contributed by atoms with van der Waals surface area (Å²) in [6.07, 6.45) is 3.60. The minimum atomic E-state index is -0.207. The molecule has 25 heavy (non-hydrogen) atoms. The first kappa shape index (κ1) is 15.6. The lowest BCUT2D eigenvalue weighted by Gasteiger charge is -2.18. The van der Waals surface area contributed by atoms with Crippen molar-refractivity contribution in [2.45, 2.75) is 6.54 Å². The van der Waals surface area contributed by atoms with Crippen molar-refractivity contribution >= 4 is 17.2 Å². The largest absolute Gasteiger partial charge is 0.486 e. The Bertz CT molecular complexity index is 918. The summed E-state index contributed by atoms with van der Waals surface area (Å²) in [5.41, 5.74) is 2.25. The van der Waals surface area contributed by atoms with E-state index in [1.54, 1.807) is 16.3 Å². The molecule has 1 N–H and O–H groups in total. The van der Waals surface area contributed by atoms with Crippen molar-refractivity contribution < 1.29 is 14.3 Å². The predicted octanol–water partition coefficient (Wildman–Crippen LogP) is 2.24. The summed E-state index contributed by atoms with van der Waals surface area (Å²) in [7, 11) is 1.85. The lowest BCUT2D eigenvalue weighted by Crippen LogP contribution is -2.23. The van der Waals surface area contributed by atoms with Gasteiger partial charge in [0.1, 0.15) is 23.9 Å². The van der Waals surface area contributed by atoms with Gasteiger partial charge in [0.2, 0.25) is 0 Å². The topological polar surface area (TPSA) is 78.3 Å². The highest BCUT2D eigenvalue weighted by Gasteiger charge is 2.14. The van der Waals surface area contributed by atoms with Gasteiger partial charge in [-0.25, -0.2) is 4.98 Å². The summed E-state index contributed by atoms with van der Waals surface area (Å²) in [4.78, 5) is 16.7. The number of aryl methyl sites for hydroxylation is 1. The standard InChI is InChI=1S/C17H16N4O3S/c1-21-9-12(8-19-21)17-20-13(10-25-17)16(22)18-7-11-2-3-14-15(6-11)24-5-4-23-14/h2-3,6,8-10H,4-5,7H2,1H3,(H,18,22). The highest BCUT2D eigenvalue weighted by atomic mass is 32.1. The molecule has 3 aromatic rings. The van der Waals surface area contributed by atoms with Gasteiger partial charge in [-0.1, -0.05) is 6.07 Å². The Balaban J connectivity index is 1.41. The molecule has 2 aromatic heterocycles. The molecule has 4 rings (SSSR count). The number of fused-ring (bicyclic) bond motifs is 1. The molecular weight excluding hydrogens is 340 g/mol. The van der Waals surface area contributed by atoms with Gasteiger partial charge in [-0.2, -0.15) is 5.10 Å². The molecule has 0 bridgehead atoms. The number of nitrogens with one attached hydrogen (secondary N) is 1. The van der Waals surface area contributed by atoms with Crippen molar-refractivity contribution in [2.24, 2.45) is 7.05 Å². The van der Waals surface area contributed by atoms with Crippen LogP contribution >= 0.6 is 11.3 Å². The van der Waals surface area contributed by atoms with E-state index in [0.29, 0.717) is 31.2 Å². The van der Waals surface area contributed by atoms with Crippen LogP contribution in [0.2, 0.25) is 0 Å². The highest BCUT2D eigenvalue weighted by Crippen LogP contribution is 2.30. The highest BCUT2D eigenvalue weighted by molar-refractivity contribution is 7.13. The molecule has 0 spiro atoms. The van der Waals surface area contributed by atoms with Crippen molar-refractivity contribution in [1.82, 2.24) is 20.1 Å². The molecule has 3 heterocycles. The van der Waals surface area contributed by atoms with Crippen molar-refractivity contribution in [3.05, 3.63) is 47.2 Å². The number of benzene rings is 1. The third kappa shape index (κ3) is 3.34. The molecule has 0 radical (unpaired) electrons. The van der Waals surface area contributed by atoms with E-state index in [1.807, 2.05) is 31.4 Å². The average molecular weight is 356 g/mol. The molecule has 8 heteroatoms. The number of rotatable bonds is 4. The van der Waals surface area contributed by atoms with Gasteiger partial charge < -0.3 is 14.8 Å². The van der Waals surface area contributed by atoms with Crippen LogP contribution in [0.4, 0.5) is 0 Å². The summed E-state index contributed by atoms with van der Waals surface area (Å²) in [5, 5.41) is 9.53. The summed E-state index contributed by atoms with van der Waals surface area (Å²) in [5.74, 6) is 1.24. The van der Waals surface area contributed by atoms with E-state index in [9.17, 15) is 4.79 Å². The van der Waals surface area contributed by atoms with E-state index < -0.39 is 0 Å². The average Bonchev–Trinajstić information content (AvgIpc) is 3.28. The lowest BCUT2D eigenvalue weighted by molar-refractivity contribution is 0.0946. The van der Waals surface area contributed by atoms with Crippen LogP contribution < -0.4 is 14.8 Å². The maximum atomic E-state index is 12.3. The number of hydrogen-bond acceptors (Lipinski definition) is 6. The first-order valence-electron chi connectivity index (χ1n) is 7.80. The molecule has 0 saturated carbocycles. The summed E-state index contributed by atoms with van der Waals surface area (Å²) in [6, 6.07) is 5.66. The van der Waals surface area contributed by atoms with Gasteiger partial charge in [-0.3, -0.25) is 9.48 Å². The molecule has 1 aliphatic rings. The van der Waals surface area contributed by atoms with Gasteiger partial charge >= 0.3 is 0 Å². The summed E-state index contributed by atoms with van der Waals surface area (Å²) in [6.45, 7) is 1.50. The van der Waals surface area contributed by atoms with Crippen LogP contribution in [0.3, 0.4) is 0 Å². The first-order valence-corrected chi connectivity index (χ1v) is 8.68. The fraction of sp³-hybridized carbons (Fsp3) is 0.235. The van der Waals surface area contributed by atoms with E-state index >= 15 is 0 Å². The minimum absolute atomic E-state index is 0.207. The van der Waals surface area contributed by atoms with Gasteiger partial charge in [0, 0.05) is 30.7 Å². The number of amides is 1. The van der Waals surface area contributed by atoms with E-state index in [1.165, 1.54) is 11.3 Å². The molecule has 1 aliphatic heterocycles. The Kier molecular flexibility index (Phi) is 4.10. The fourth-order valence-corrected chi connectivity index (χ4v) is 3.29. The van der Waals surface area contributed by atoms with E-state index in [-0.39, 0.29) is 5.91 Å². The zero-order chi connectivity index (χ0) is 17.2. The number of thiazole rings is 1. The molecule has 0 atom stereocenters. The molecule has 0 unspecified atom stereocenters. The second-order valence-corrected chi connectivity index (χ2v) is 6.46. The minimum Gasteiger partial charge on any atom is -0.486 e. The van der Waals surface area contributed by atoms with Crippen LogP contribution in [-0.2, 0) is 13.6 Å². The molecule has 1 aromatic carbocycles. The second-order valence-electron chi connectivity index (χ2n) is 5.60. The third-order valence-electron chi connectivity index (χ3n) is 3.75. The van der Waals surface area contributed by atoms with E-state index in [2.05, 4.69) is 15.4 Å². The predicted molar refractivity (Wildman–Crippen MR) is 92.9 cm³/mol. The molecule has 0 fully saturated rings. The molecule has 0 aliphatic carbocycles. The molecule has 1 amide bonds. The zero-order valence-electron chi connectivity index (χ0n) is 13.6. The van der Waals surface area contributed by atoms with Gasteiger partial charge in [-0.15, -0.1) is 11.3 Å². The lowest BCUT2D eigenvalue weighted by atomic mass is 10.2. The van der Waals surface area contributed by atoms with E-state index in [4.69, 9.17) is 9.47 Å². The number of carbonyl (C=O) groups is 1. The summed E-state index contributed by atoms with van der Waals surface area (Å²) >= 11 is 1.42.